The van der Waals surface area contributed by atoms with Crippen LogP contribution in [0.25, 0.3) is 0 Å². The first-order valence-electron chi connectivity index (χ1n) is 6.00. The number of carbonyl (C=O) groups is 2. The second kappa shape index (κ2) is 4.72. The second-order valence-electron chi connectivity index (χ2n) is 4.40. The molecule has 1 aliphatic heterocycles. The van der Waals surface area contributed by atoms with Gasteiger partial charge in [0.1, 0.15) is 12.0 Å². The van der Waals surface area contributed by atoms with Gasteiger partial charge < -0.3 is 14.6 Å². The number of carboxylic acids is 1. The molecule has 8 heteroatoms. The molecule has 0 saturated carbocycles. The van der Waals surface area contributed by atoms with Gasteiger partial charge >= 0.3 is 5.97 Å². The van der Waals surface area contributed by atoms with Crippen molar-refractivity contribution in [2.45, 2.75) is 13.1 Å². The van der Waals surface area contributed by atoms with Gasteiger partial charge in [0.2, 0.25) is 0 Å². The van der Waals surface area contributed by atoms with Crippen LogP contribution in [0.4, 0.5) is 0 Å². The van der Waals surface area contributed by atoms with Crippen LogP contribution in [-0.2, 0) is 13.1 Å². The minimum absolute atomic E-state index is 0.143. The minimum atomic E-state index is -1.15. The average Bonchev–Trinajstić information content (AvgIpc) is 2.94. The molecular formula is C12H11N5O3. The summed E-state index contributed by atoms with van der Waals surface area (Å²) in [5.41, 5.74) is 0.168. The Bertz CT molecular complexity index is 681. The Morgan fingerprint density at radius 2 is 2.15 bits per heavy atom. The van der Waals surface area contributed by atoms with E-state index >= 15 is 0 Å². The van der Waals surface area contributed by atoms with Crippen LogP contribution in [0.2, 0.25) is 0 Å². The van der Waals surface area contributed by atoms with Crippen LogP contribution >= 0.6 is 0 Å². The van der Waals surface area contributed by atoms with Crippen LogP contribution in [-0.4, -0.2) is 48.2 Å². The topological polar surface area (TPSA) is 101 Å². The van der Waals surface area contributed by atoms with E-state index in [2.05, 4.69) is 15.2 Å². The van der Waals surface area contributed by atoms with E-state index in [0.717, 1.165) is 5.82 Å². The summed E-state index contributed by atoms with van der Waals surface area (Å²) >= 11 is 0. The third-order valence-corrected chi connectivity index (χ3v) is 3.15. The maximum Gasteiger partial charge on any atom is 0.354 e. The number of rotatable bonds is 2. The molecule has 0 spiro atoms. The molecule has 0 atom stereocenters. The highest BCUT2D eigenvalue weighted by Crippen LogP contribution is 2.13. The van der Waals surface area contributed by atoms with Crippen molar-refractivity contribution in [1.82, 2.24) is 24.6 Å². The molecule has 0 unspecified atom stereocenters. The molecule has 1 amide bonds. The molecule has 0 radical (unpaired) electrons. The standard InChI is InChI=1S/C12H11N5O3/c18-11(8-1-2-13-9(5-8)12(19)20)16-3-4-17-7-14-15-10(17)6-16/h1-2,5,7H,3-4,6H2,(H,19,20). The molecule has 20 heavy (non-hydrogen) atoms. The van der Waals surface area contributed by atoms with Gasteiger partial charge in [0.15, 0.2) is 5.82 Å². The van der Waals surface area contributed by atoms with E-state index in [0.29, 0.717) is 25.2 Å². The van der Waals surface area contributed by atoms with Crippen molar-refractivity contribution in [2.24, 2.45) is 0 Å². The summed E-state index contributed by atoms with van der Waals surface area (Å²) in [6.07, 6.45) is 2.95. The Morgan fingerprint density at radius 1 is 1.30 bits per heavy atom. The van der Waals surface area contributed by atoms with Gasteiger partial charge in [-0.25, -0.2) is 9.78 Å². The molecule has 1 N–H and O–H groups in total. The number of hydrogen-bond donors (Lipinski definition) is 1. The van der Waals surface area contributed by atoms with E-state index < -0.39 is 5.97 Å². The predicted octanol–water partition coefficient (Wildman–Crippen LogP) is 0.0273. The summed E-state index contributed by atoms with van der Waals surface area (Å²) in [4.78, 5) is 28.5. The van der Waals surface area contributed by atoms with E-state index in [4.69, 9.17) is 5.11 Å². The van der Waals surface area contributed by atoms with Crippen LogP contribution in [0, 0.1) is 0 Å². The van der Waals surface area contributed by atoms with Gasteiger partial charge in [-0.2, -0.15) is 0 Å². The minimum Gasteiger partial charge on any atom is -0.477 e. The number of carbonyl (C=O) groups excluding carboxylic acids is 1. The molecule has 2 aromatic rings. The Labute approximate surface area is 113 Å². The Morgan fingerprint density at radius 3 is 2.95 bits per heavy atom. The highest BCUT2D eigenvalue weighted by molar-refractivity contribution is 5.96. The summed E-state index contributed by atoms with van der Waals surface area (Å²) < 4.78 is 1.89. The number of aromatic carboxylic acids is 1. The summed E-state index contributed by atoms with van der Waals surface area (Å²) in [6, 6.07) is 2.79. The molecule has 0 aromatic carbocycles. The van der Waals surface area contributed by atoms with Gasteiger partial charge in [-0.3, -0.25) is 4.79 Å². The second-order valence-corrected chi connectivity index (χ2v) is 4.40. The molecule has 0 aliphatic carbocycles. The molecule has 0 fully saturated rings. The molecular weight excluding hydrogens is 262 g/mol. The van der Waals surface area contributed by atoms with Crippen molar-refractivity contribution in [2.75, 3.05) is 6.54 Å². The summed E-state index contributed by atoms with van der Waals surface area (Å²) in [6.45, 7) is 1.53. The van der Waals surface area contributed by atoms with Crippen molar-refractivity contribution in [1.29, 1.82) is 0 Å². The van der Waals surface area contributed by atoms with Crippen molar-refractivity contribution in [3.63, 3.8) is 0 Å². The molecule has 8 nitrogen and oxygen atoms in total. The third kappa shape index (κ3) is 2.11. The predicted molar refractivity (Wildman–Crippen MR) is 66.0 cm³/mol. The zero-order valence-electron chi connectivity index (χ0n) is 10.4. The lowest BCUT2D eigenvalue weighted by atomic mass is 10.2. The van der Waals surface area contributed by atoms with Crippen LogP contribution in [0.3, 0.4) is 0 Å². The van der Waals surface area contributed by atoms with Gasteiger partial charge in [-0.05, 0) is 12.1 Å². The van der Waals surface area contributed by atoms with E-state index in [1.54, 1.807) is 11.2 Å². The van der Waals surface area contributed by atoms with Crippen molar-refractivity contribution >= 4 is 11.9 Å². The third-order valence-electron chi connectivity index (χ3n) is 3.15. The molecule has 0 saturated heterocycles. The zero-order chi connectivity index (χ0) is 14.1. The maximum atomic E-state index is 12.4. The number of fused-ring (bicyclic) bond motifs is 1. The number of hydrogen-bond acceptors (Lipinski definition) is 5. The zero-order valence-corrected chi connectivity index (χ0v) is 10.4. The lowest BCUT2D eigenvalue weighted by Crippen LogP contribution is -2.38. The first-order valence-corrected chi connectivity index (χ1v) is 6.00. The van der Waals surface area contributed by atoms with Gasteiger partial charge in [-0.15, -0.1) is 10.2 Å². The van der Waals surface area contributed by atoms with Crippen molar-refractivity contribution in [3.8, 4) is 0 Å². The fourth-order valence-electron chi connectivity index (χ4n) is 2.10. The molecule has 0 bridgehead atoms. The summed E-state index contributed by atoms with van der Waals surface area (Å²) in [7, 11) is 0. The molecule has 2 aromatic heterocycles. The van der Waals surface area contributed by atoms with Crippen LogP contribution in [0.1, 0.15) is 26.7 Å². The fourth-order valence-corrected chi connectivity index (χ4v) is 2.10. The van der Waals surface area contributed by atoms with E-state index in [1.807, 2.05) is 4.57 Å². The molecule has 102 valence electrons. The van der Waals surface area contributed by atoms with Crippen LogP contribution in [0.5, 0.6) is 0 Å². The normalized spacial score (nSPS) is 13.9. The fraction of sp³-hybridized carbons (Fsp3) is 0.250. The van der Waals surface area contributed by atoms with Crippen LogP contribution in [0.15, 0.2) is 24.7 Å². The number of nitrogens with zero attached hydrogens (tertiary/aromatic N) is 5. The number of amides is 1. The quantitative estimate of drug-likeness (QED) is 0.828. The maximum absolute atomic E-state index is 12.4. The van der Waals surface area contributed by atoms with Gasteiger partial charge in [0, 0.05) is 24.8 Å². The molecule has 1 aliphatic rings. The van der Waals surface area contributed by atoms with Crippen LogP contribution < -0.4 is 0 Å². The lowest BCUT2D eigenvalue weighted by Gasteiger charge is -2.27. The van der Waals surface area contributed by atoms with E-state index in [1.165, 1.54) is 18.3 Å². The number of carboxylic acid groups (broad SMARTS) is 1. The summed E-state index contributed by atoms with van der Waals surface area (Å²) in [5.74, 6) is -0.667. The van der Waals surface area contributed by atoms with Crippen molar-refractivity contribution in [3.05, 3.63) is 41.7 Å². The monoisotopic (exact) mass is 273 g/mol. The number of aromatic nitrogens is 4. The highest BCUT2D eigenvalue weighted by Gasteiger charge is 2.23. The van der Waals surface area contributed by atoms with E-state index in [9.17, 15) is 9.59 Å². The average molecular weight is 273 g/mol. The lowest BCUT2D eigenvalue weighted by molar-refractivity contribution is 0.0690. The SMILES string of the molecule is O=C(O)c1cc(C(=O)N2CCn3cnnc3C2)ccn1. The summed E-state index contributed by atoms with van der Waals surface area (Å²) in [5, 5.41) is 16.6. The molecule has 3 rings (SSSR count). The first-order chi connectivity index (χ1) is 9.65. The van der Waals surface area contributed by atoms with E-state index in [-0.39, 0.29) is 11.6 Å². The van der Waals surface area contributed by atoms with Crippen molar-refractivity contribution < 1.29 is 14.7 Å². The van der Waals surface area contributed by atoms with Gasteiger partial charge in [0.05, 0.1) is 6.54 Å². The largest absolute Gasteiger partial charge is 0.477 e. The Hall–Kier alpha value is -2.77. The Balaban J connectivity index is 1.83. The highest BCUT2D eigenvalue weighted by atomic mass is 16.4. The van der Waals surface area contributed by atoms with Gasteiger partial charge in [-0.1, -0.05) is 0 Å². The smallest absolute Gasteiger partial charge is 0.354 e. The number of pyridine rings is 1. The Kier molecular flexibility index (Phi) is 2.90. The first kappa shape index (κ1) is 12.3. The van der Waals surface area contributed by atoms with Gasteiger partial charge in [0.25, 0.3) is 5.91 Å². The molecule has 3 heterocycles.